The maximum absolute atomic E-state index is 5.88. The third kappa shape index (κ3) is 6.48. The molecule has 6 nitrogen and oxygen atoms in total. The number of nitrogens with zero attached hydrogens (tertiary/aromatic N) is 2. The van der Waals surface area contributed by atoms with Crippen LogP contribution in [0, 0.1) is 0 Å². The van der Waals surface area contributed by atoms with Crippen LogP contribution in [0.2, 0.25) is 0 Å². The Labute approximate surface area is 134 Å². The third-order valence-corrected chi connectivity index (χ3v) is 4.20. The molecule has 2 rings (SSSR count). The summed E-state index contributed by atoms with van der Waals surface area (Å²) in [5.74, 6) is 0. The van der Waals surface area contributed by atoms with Gasteiger partial charge in [-0.1, -0.05) is 0 Å². The van der Waals surface area contributed by atoms with Gasteiger partial charge in [0.25, 0.3) is 0 Å². The fourth-order valence-corrected chi connectivity index (χ4v) is 3.02. The van der Waals surface area contributed by atoms with E-state index < -0.39 is 0 Å². The van der Waals surface area contributed by atoms with Crippen LogP contribution in [0.5, 0.6) is 0 Å². The van der Waals surface area contributed by atoms with E-state index in [0.29, 0.717) is 13.2 Å². The van der Waals surface area contributed by atoms with Crippen molar-refractivity contribution in [2.24, 2.45) is 0 Å². The van der Waals surface area contributed by atoms with Crippen molar-refractivity contribution in [1.82, 2.24) is 9.80 Å². The first kappa shape index (κ1) is 18.1. The molecule has 2 saturated heterocycles. The van der Waals surface area contributed by atoms with Gasteiger partial charge in [0.15, 0.2) is 0 Å². The number of hydrogen-bond donors (Lipinski definition) is 0. The summed E-state index contributed by atoms with van der Waals surface area (Å²) in [5, 5.41) is 0. The molecule has 2 heterocycles. The molecule has 3 unspecified atom stereocenters. The lowest BCUT2D eigenvalue weighted by molar-refractivity contribution is -0.138. The van der Waals surface area contributed by atoms with Crippen molar-refractivity contribution in [2.75, 3.05) is 65.8 Å². The molecular formula is C16H32N2O4. The van der Waals surface area contributed by atoms with Crippen molar-refractivity contribution >= 4 is 0 Å². The van der Waals surface area contributed by atoms with Crippen molar-refractivity contribution in [3.05, 3.63) is 0 Å². The van der Waals surface area contributed by atoms with E-state index in [1.54, 1.807) is 0 Å². The maximum atomic E-state index is 5.88. The van der Waals surface area contributed by atoms with Crippen LogP contribution in [0.1, 0.15) is 20.8 Å². The van der Waals surface area contributed by atoms with Gasteiger partial charge in [-0.2, -0.15) is 0 Å². The number of morpholine rings is 2. The monoisotopic (exact) mass is 316 g/mol. The summed E-state index contributed by atoms with van der Waals surface area (Å²) in [4.78, 5) is 4.72. The van der Waals surface area contributed by atoms with Crippen LogP contribution >= 0.6 is 0 Å². The van der Waals surface area contributed by atoms with Gasteiger partial charge < -0.3 is 18.9 Å². The Hall–Kier alpha value is -0.240. The van der Waals surface area contributed by atoms with Crippen LogP contribution < -0.4 is 0 Å². The van der Waals surface area contributed by atoms with E-state index in [0.717, 1.165) is 52.5 Å². The average Bonchev–Trinajstić information content (AvgIpc) is 2.50. The predicted octanol–water partition coefficient (Wildman–Crippen LogP) is 0.807. The van der Waals surface area contributed by atoms with Crippen LogP contribution in [-0.4, -0.2) is 94.0 Å². The highest BCUT2D eigenvalue weighted by Gasteiger charge is 2.25. The molecule has 0 spiro atoms. The van der Waals surface area contributed by atoms with E-state index >= 15 is 0 Å². The van der Waals surface area contributed by atoms with Gasteiger partial charge in [-0.05, 0) is 20.8 Å². The van der Waals surface area contributed by atoms with Gasteiger partial charge in [-0.15, -0.1) is 0 Å². The van der Waals surface area contributed by atoms with E-state index in [2.05, 4.69) is 30.6 Å². The summed E-state index contributed by atoms with van der Waals surface area (Å²) >= 11 is 0. The van der Waals surface area contributed by atoms with Crippen molar-refractivity contribution in [3.63, 3.8) is 0 Å². The summed E-state index contributed by atoms with van der Waals surface area (Å²) in [7, 11) is 0. The molecule has 2 fully saturated rings. The Morgan fingerprint density at radius 2 is 1.73 bits per heavy atom. The minimum absolute atomic E-state index is 0.122. The van der Waals surface area contributed by atoms with Crippen molar-refractivity contribution < 1.29 is 18.9 Å². The van der Waals surface area contributed by atoms with Gasteiger partial charge in [0.2, 0.25) is 0 Å². The Bertz CT molecular complexity index is 290. The molecule has 0 saturated carbocycles. The number of ether oxygens (including phenoxy) is 4. The highest BCUT2D eigenvalue weighted by molar-refractivity contribution is 4.74. The molecule has 0 aromatic heterocycles. The molecule has 0 aromatic rings. The second-order valence-electron chi connectivity index (χ2n) is 6.25. The maximum Gasteiger partial charge on any atom is 0.108 e. The van der Waals surface area contributed by atoms with Crippen LogP contribution in [0.25, 0.3) is 0 Å². The summed E-state index contributed by atoms with van der Waals surface area (Å²) in [6.45, 7) is 15.0. The first-order chi connectivity index (χ1) is 10.6. The lowest BCUT2D eigenvalue weighted by atomic mass is 10.2. The highest BCUT2D eigenvalue weighted by atomic mass is 16.5. The molecule has 0 amide bonds. The molecule has 2 aliphatic rings. The molecule has 22 heavy (non-hydrogen) atoms. The van der Waals surface area contributed by atoms with E-state index in [9.17, 15) is 0 Å². The largest absolute Gasteiger partial charge is 0.379 e. The van der Waals surface area contributed by atoms with Gasteiger partial charge in [0.1, 0.15) is 6.23 Å². The van der Waals surface area contributed by atoms with Crippen LogP contribution in [0.3, 0.4) is 0 Å². The number of hydrogen-bond acceptors (Lipinski definition) is 6. The summed E-state index contributed by atoms with van der Waals surface area (Å²) < 4.78 is 22.6. The molecule has 0 bridgehead atoms. The van der Waals surface area contributed by atoms with Crippen molar-refractivity contribution in [3.8, 4) is 0 Å². The second kappa shape index (κ2) is 9.80. The summed E-state index contributed by atoms with van der Waals surface area (Å²) in [5.41, 5.74) is 0. The van der Waals surface area contributed by atoms with Gasteiger partial charge in [-0.25, -0.2) is 0 Å². The first-order valence-electron chi connectivity index (χ1n) is 8.54. The molecule has 0 N–H and O–H groups in total. The van der Waals surface area contributed by atoms with Gasteiger partial charge in [0, 0.05) is 32.7 Å². The lowest BCUT2D eigenvalue weighted by Gasteiger charge is -2.38. The molecule has 0 radical (unpaired) electrons. The van der Waals surface area contributed by atoms with E-state index in [4.69, 9.17) is 18.9 Å². The van der Waals surface area contributed by atoms with Crippen molar-refractivity contribution in [2.45, 2.75) is 39.2 Å². The van der Waals surface area contributed by atoms with Crippen molar-refractivity contribution in [1.29, 1.82) is 0 Å². The normalized spacial score (nSPS) is 29.6. The molecule has 3 atom stereocenters. The Morgan fingerprint density at radius 1 is 1.05 bits per heavy atom. The zero-order valence-corrected chi connectivity index (χ0v) is 14.3. The molecule has 0 aliphatic carbocycles. The molecule has 130 valence electrons. The molecule has 2 aliphatic heterocycles. The highest BCUT2D eigenvalue weighted by Crippen LogP contribution is 2.14. The van der Waals surface area contributed by atoms with E-state index in [-0.39, 0.29) is 18.4 Å². The summed E-state index contributed by atoms with van der Waals surface area (Å²) in [6, 6.07) is 0. The minimum Gasteiger partial charge on any atom is -0.379 e. The fourth-order valence-electron chi connectivity index (χ4n) is 3.02. The Balaban J connectivity index is 1.49. The predicted molar refractivity (Wildman–Crippen MR) is 85.1 cm³/mol. The minimum atomic E-state index is 0.122. The van der Waals surface area contributed by atoms with E-state index in [1.165, 1.54) is 0 Å². The first-order valence-corrected chi connectivity index (χ1v) is 8.54. The zero-order chi connectivity index (χ0) is 15.8. The average molecular weight is 316 g/mol. The second-order valence-corrected chi connectivity index (χ2v) is 6.25. The SMILES string of the molecule is CC1CN(C(C)OCCOCCN2CCOCC2)CC(C)O1. The molecule has 0 aromatic carbocycles. The molecule has 6 heteroatoms. The molecular weight excluding hydrogens is 284 g/mol. The Kier molecular flexibility index (Phi) is 8.06. The van der Waals surface area contributed by atoms with Gasteiger partial charge in [-0.3, -0.25) is 9.80 Å². The van der Waals surface area contributed by atoms with Gasteiger partial charge >= 0.3 is 0 Å². The van der Waals surface area contributed by atoms with Gasteiger partial charge in [0.05, 0.1) is 45.2 Å². The third-order valence-electron chi connectivity index (χ3n) is 4.20. The quantitative estimate of drug-likeness (QED) is 0.617. The topological polar surface area (TPSA) is 43.4 Å². The van der Waals surface area contributed by atoms with Crippen LogP contribution in [0.15, 0.2) is 0 Å². The van der Waals surface area contributed by atoms with Crippen LogP contribution in [0.4, 0.5) is 0 Å². The number of rotatable bonds is 8. The zero-order valence-electron chi connectivity index (χ0n) is 14.3. The Morgan fingerprint density at radius 3 is 2.41 bits per heavy atom. The smallest absolute Gasteiger partial charge is 0.108 e. The van der Waals surface area contributed by atoms with Crippen LogP contribution in [-0.2, 0) is 18.9 Å². The lowest BCUT2D eigenvalue weighted by Crippen LogP contribution is -2.50. The summed E-state index contributed by atoms with van der Waals surface area (Å²) in [6.07, 6.45) is 0.677. The fraction of sp³-hybridized carbons (Fsp3) is 1.00. The standard InChI is InChI=1S/C16H32N2O4/c1-14-12-18(13-15(2)22-14)16(3)21-11-10-20-9-6-17-4-7-19-8-5-17/h14-16H,4-13H2,1-3H3. The van der Waals surface area contributed by atoms with E-state index in [1.807, 2.05) is 0 Å².